The molecule has 0 heterocycles. The number of allylic oxidation sites excluding steroid dienone is 5. The molecule has 0 bridgehead atoms. The Bertz CT molecular complexity index is 1480. The van der Waals surface area contributed by atoms with Crippen molar-refractivity contribution >= 4 is 5.78 Å². The van der Waals surface area contributed by atoms with Crippen LogP contribution in [0.15, 0.2) is 47.6 Å². The van der Waals surface area contributed by atoms with Gasteiger partial charge in [-0.1, -0.05) is 67.2 Å². The molecule has 3 heteroatoms. The molecule has 8 aliphatic carbocycles. The molecule has 0 saturated heterocycles. The first-order chi connectivity index (χ1) is 22.5. The van der Waals surface area contributed by atoms with Crippen LogP contribution in [-0.2, 0) is 4.79 Å². The Morgan fingerprint density at radius 1 is 0.766 bits per heavy atom. The van der Waals surface area contributed by atoms with Crippen molar-refractivity contribution in [3.05, 3.63) is 47.6 Å². The lowest BCUT2D eigenvalue weighted by Crippen LogP contribution is -2.54. The molecule has 6 fully saturated rings. The van der Waals surface area contributed by atoms with Crippen LogP contribution in [0.1, 0.15) is 123 Å². The zero-order valence-corrected chi connectivity index (χ0v) is 29.2. The second-order valence-electron chi connectivity index (χ2n) is 17.1. The van der Waals surface area contributed by atoms with Gasteiger partial charge in [-0.3, -0.25) is 4.79 Å². The van der Waals surface area contributed by atoms with Crippen molar-refractivity contribution in [1.82, 2.24) is 0 Å². The van der Waals surface area contributed by atoms with E-state index in [1.54, 1.807) is 5.57 Å². The molecule has 0 amide bonds. The first kappa shape index (κ1) is 33.2. The second kappa shape index (κ2) is 11.9. The molecule has 3 nitrogen and oxygen atoms in total. The van der Waals surface area contributed by atoms with Gasteiger partial charge in [0.05, 0.1) is 0 Å². The lowest BCUT2D eigenvalue weighted by molar-refractivity contribution is -0.116. The number of carbonyl (C=O) groups excluding carboxylic acids is 1. The Labute approximate surface area is 284 Å². The van der Waals surface area contributed by atoms with Gasteiger partial charge in [0.2, 0.25) is 0 Å². The third kappa shape index (κ3) is 4.65. The van der Waals surface area contributed by atoms with Gasteiger partial charge in [-0.2, -0.15) is 0 Å². The van der Waals surface area contributed by atoms with E-state index >= 15 is 0 Å². The molecule has 6 saturated carbocycles. The molecule has 8 rings (SSSR count). The van der Waals surface area contributed by atoms with Crippen LogP contribution in [0.2, 0.25) is 0 Å². The molecule has 0 spiro atoms. The van der Waals surface area contributed by atoms with Crippen LogP contribution in [0.3, 0.4) is 0 Å². The highest BCUT2D eigenvalue weighted by Crippen LogP contribution is 2.68. The fourth-order valence-corrected chi connectivity index (χ4v) is 13.9. The summed E-state index contributed by atoms with van der Waals surface area (Å²) in [5.41, 5.74) is 3.55. The van der Waals surface area contributed by atoms with Crippen molar-refractivity contribution in [3.8, 4) is 24.7 Å². The van der Waals surface area contributed by atoms with Crippen LogP contribution in [0.25, 0.3) is 0 Å². The van der Waals surface area contributed by atoms with Gasteiger partial charge in [0, 0.05) is 17.3 Å². The highest BCUT2D eigenvalue weighted by Gasteiger charge is 2.65. The average Bonchev–Trinajstić information content (AvgIpc) is 3.56. The van der Waals surface area contributed by atoms with Gasteiger partial charge in [0.15, 0.2) is 5.78 Å². The number of rotatable bonds is 2. The van der Waals surface area contributed by atoms with Crippen molar-refractivity contribution in [2.24, 2.45) is 58.2 Å². The number of fused-ring (bicyclic) bond motifs is 10. The first-order valence-corrected chi connectivity index (χ1v) is 19.2. The lowest BCUT2D eigenvalue weighted by Gasteiger charge is -2.56. The van der Waals surface area contributed by atoms with Crippen molar-refractivity contribution in [3.63, 3.8) is 0 Å². The minimum atomic E-state index is -0.973. The van der Waals surface area contributed by atoms with Crippen LogP contribution in [0, 0.1) is 82.9 Å². The third-order valence-corrected chi connectivity index (χ3v) is 16.0. The third-order valence-electron chi connectivity index (χ3n) is 16.0. The fraction of sp³-hybridized carbons (Fsp3) is 0.705. The second-order valence-corrected chi connectivity index (χ2v) is 17.1. The average molecular weight is 635 g/mol. The Balaban J connectivity index is 0.000000150. The van der Waals surface area contributed by atoms with Gasteiger partial charge < -0.3 is 10.2 Å². The van der Waals surface area contributed by atoms with Gasteiger partial charge in [-0.15, -0.1) is 12.8 Å². The summed E-state index contributed by atoms with van der Waals surface area (Å²) in [5.74, 6) is 10.6. The Morgan fingerprint density at radius 2 is 1.28 bits per heavy atom. The van der Waals surface area contributed by atoms with E-state index in [1.165, 1.54) is 48.8 Å². The summed E-state index contributed by atoms with van der Waals surface area (Å²) in [4.78, 5) is 11.8. The molecule has 0 aromatic heterocycles. The van der Waals surface area contributed by atoms with E-state index in [9.17, 15) is 15.0 Å². The Kier molecular flexibility index (Phi) is 8.42. The van der Waals surface area contributed by atoms with Gasteiger partial charge in [-0.05, 0) is 156 Å². The molecule has 252 valence electrons. The largest absolute Gasteiger partial charge is 0.377 e. The van der Waals surface area contributed by atoms with Crippen LogP contribution in [-0.4, -0.2) is 27.2 Å². The van der Waals surface area contributed by atoms with E-state index in [0.717, 1.165) is 76.5 Å². The number of aliphatic hydroxyl groups is 2. The zero-order chi connectivity index (χ0) is 33.4. The molecular weight excluding hydrogens is 576 g/mol. The van der Waals surface area contributed by atoms with Crippen molar-refractivity contribution in [1.29, 1.82) is 0 Å². The minimum Gasteiger partial charge on any atom is -0.377 e. The molecule has 0 aromatic carbocycles. The molecule has 12 atom stereocenters. The summed E-state index contributed by atoms with van der Waals surface area (Å²) < 4.78 is 0. The number of terminal acetylenes is 2. The maximum absolute atomic E-state index is 11.8. The normalized spacial score (nSPS) is 48.0. The number of hydrogen-bond donors (Lipinski definition) is 2. The molecule has 8 unspecified atom stereocenters. The number of ketones is 1. The van der Waals surface area contributed by atoms with Crippen LogP contribution >= 0.6 is 0 Å². The highest BCUT2D eigenvalue weighted by atomic mass is 16.3. The van der Waals surface area contributed by atoms with E-state index in [-0.39, 0.29) is 10.8 Å². The van der Waals surface area contributed by atoms with Crippen LogP contribution in [0.5, 0.6) is 0 Å². The summed E-state index contributed by atoms with van der Waals surface area (Å²) >= 11 is 0. The van der Waals surface area contributed by atoms with Crippen molar-refractivity contribution in [2.75, 3.05) is 0 Å². The number of carbonyl (C=O) groups is 1. The van der Waals surface area contributed by atoms with E-state index in [1.807, 2.05) is 6.08 Å². The summed E-state index contributed by atoms with van der Waals surface area (Å²) in [5, 5.41) is 22.4. The van der Waals surface area contributed by atoms with Crippen LogP contribution in [0.4, 0.5) is 0 Å². The van der Waals surface area contributed by atoms with Gasteiger partial charge in [0.1, 0.15) is 11.2 Å². The smallest absolute Gasteiger partial charge is 0.155 e. The summed E-state index contributed by atoms with van der Waals surface area (Å²) in [7, 11) is 0. The lowest BCUT2D eigenvalue weighted by atomic mass is 9.48. The van der Waals surface area contributed by atoms with Gasteiger partial charge in [0.25, 0.3) is 0 Å². The number of hydrogen-bond acceptors (Lipinski definition) is 3. The van der Waals surface area contributed by atoms with Gasteiger partial charge in [-0.25, -0.2) is 0 Å². The molecular formula is C44H58O3. The molecule has 8 aliphatic rings. The Hall–Kier alpha value is -2.33. The van der Waals surface area contributed by atoms with Gasteiger partial charge >= 0.3 is 0 Å². The Morgan fingerprint density at radius 3 is 1.79 bits per heavy atom. The zero-order valence-electron chi connectivity index (χ0n) is 29.2. The molecule has 47 heavy (non-hydrogen) atoms. The maximum atomic E-state index is 11.8. The van der Waals surface area contributed by atoms with E-state index in [4.69, 9.17) is 12.8 Å². The standard InChI is InChI=1S/C22H28O2.C22H30O/c1-4-21-13-14(3)20-17-9-7-16(23)12-15(17)6-8-18(20)19(21)10-11-22(21,24)5-2;1-4-21-14-15(3)20-17-9-7-6-8-16(17)10-11-18(20)19(21)12-13-22(21,23)5-2/h2,12,17-20,24H,3-4,6-11,13H2,1H3;2,8,17-20,23H,3-4,6-7,9-14H2,1H3/t2*17?,18?,19?,20?,21-,22-/m00/s1. The van der Waals surface area contributed by atoms with E-state index < -0.39 is 11.2 Å². The fourth-order valence-electron chi connectivity index (χ4n) is 13.9. The van der Waals surface area contributed by atoms with E-state index in [0.29, 0.717) is 53.6 Å². The summed E-state index contributed by atoms with van der Waals surface area (Å²) in [6.45, 7) is 13.4. The SMILES string of the molecule is C#C[C@]1(O)CCC2C3CCC4=CC(=O)CCC4C3C(=C)C[C@@]21CC.C#C[C@]1(O)CCC2C3CCC4=CCCCC4C3C(=C)C[C@@]21CC. The molecule has 0 radical (unpaired) electrons. The topological polar surface area (TPSA) is 57.5 Å². The quantitative estimate of drug-likeness (QED) is 0.236. The summed E-state index contributed by atoms with van der Waals surface area (Å²) in [6.07, 6.45) is 33.7. The highest BCUT2D eigenvalue weighted by molar-refractivity contribution is 5.91. The maximum Gasteiger partial charge on any atom is 0.155 e. The predicted octanol–water partition coefficient (Wildman–Crippen LogP) is 8.92. The minimum absolute atomic E-state index is 0.115. The molecule has 0 aromatic rings. The van der Waals surface area contributed by atoms with Crippen molar-refractivity contribution in [2.45, 2.75) is 134 Å². The van der Waals surface area contributed by atoms with Crippen LogP contribution < -0.4 is 0 Å². The monoisotopic (exact) mass is 634 g/mol. The predicted molar refractivity (Wildman–Crippen MR) is 190 cm³/mol. The first-order valence-electron chi connectivity index (χ1n) is 19.2. The van der Waals surface area contributed by atoms with Crippen molar-refractivity contribution < 1.29 is 15.0 Å². The summed E-state index contributed by atoms with van der Waals surface area (Å²) in [6, 6.07) is 0. The van der Waals surface area contributed by atoms with E-state index in [2.05, 4.69) is 44.9 Å². The molecule has 2 N–H and O–H groups in total. The molecule has 0 aliphatic heterocycles.